The fourth-order valence-corrected chi connectivity index (χ4v) is 4.65. The topological polar surface area (TPSA) is 69.9 Å². The molecule has 0 spiro atoms. The minimum absolute atomic E-state index is 0.00454. The van der Waals surface area contributed by atoms with Crippen LogP contribution < -0.4 is 4.74 Å². The molecular formula is C29H28N2O4. The average molecular weight is 469 g/mol. The van der Waals surface area contributed by atoms with Gasteiger partial charge >= 0.3 is 5.97 Å². The lowest BCUT2D eigenvalue weighted by Crippen LogP contribution is -2.13. The van der Waals surface area contributed by atoms with Crippen LogP contribution in [0, 0.1) is 12.8 Å². The molecule has 0 saturated carbocycles. The summed E-state index contributed by atoms with van der Waals surface area (Å²) in [5.41, 5.74) is 5.74. The summed E-state index contributed by atoms with van der Waals surface area (Å²) >= 11 is 0. The molecule has 178 valence electrons. The molecule has 6 nitrogen and oxygen atoms in total. The molecule has 1 aliphatic heterocycles. The predicted molar refractivity (Wildman–Crippen MR) is 137 cm³/mol. The Morgan fingerprint density at radius 2 is 1.86 bits per heavy atom. The normalized spacial score (nSPS) is 14.8. The van der Waals surface area contributed by atoms with E-state index in [2.05, 4.69) is 16.6 Å². The van der Waals surface area contributed by atoms with Gasteiger partial charge in [-0.25, -0.2) is 4.79 Å². The molecular weight excluding hydrogens is 440 g/mol. The SMILES string of the molecule is CCC(C)C(=O)O/N=C1\COc2c1ccc1c2c2cc(C(=O)c3ccccc3C)ccc2n1CC. The van der Waals surface area contributed by atoms with Crippen LogP contribution in [0.15, 0.2) is 59.8 Å². The maximum Gasteiger partial charge on any atom is 0.337 e. The monoisotopic (exact) mass is 468 g/mol. The molecule has 4 aromatic rings. The molecule has 1 aliphatic rings. The molecule has 3 aromatic carbocycles. The zero-order chi connectivity index (χ0) is 24.7. The van der Waals surface area contributed by atoms with Gasteiger partial charge in [0.05, 0.1) is 16.8 Å². The number of rotatable bonds is 6. The number of hydrogen-bond donors (Lipinski definition) is 0. The third-order valence-corrected chi connectivity index (χ3v) is 6.88. The highest BCUT2D eigenvalue weighted by molar-refractivity contribution is 6.20. The Labute approximate surface area is 204 Å². The van der Waals surface area contributed by atoms with Crippen molar-refractivity contribution in [2.75, 3.05) is 6.61 Å². The number of fused-ring (bicyclic) bond motifs is 5. The Morgan fingerprint density at radius 1 is 1.09 bits per heavy atom. The molecule has 1 atom stereocenters. The van der Waals surface area contributed by atoms with Gasteiger partial charge in [0.2, 0.25) is 0 Å². The summed E-state index contributed by atoms with van der Waals surface area (Å²) in [6, 6.07) is 17.5. The highest BCUT2D eigenvalue weighted by Gasteiger charge is 2.27. The first-order valence-electron chi connectivity index (χ1n) is 12.0. The minimum Gasteiger partial charge on any atom is -0.486 e. The van der Waals surface area contributed by atoms with Gasteiger partial charge in [-0.2, -0.15) is 0 Å². The quantitative estimate of drug-likeness (QED) is 0.197. The van der Waals surface area contributed by atoms with Crippen LogP contribution in [0.4, 0.5) is 0 Å². The summed E-state index contributed by atoms with van der Waals surface area (Å²) in [5, 5.41) is 6.02. The van der Waals surface area contributed by atoms with Crippen LogP contribution in [0.5, 0.6) is 5.75 Å². The smallest absolute Gasteiger partial charge is 0.337 e. The summed E-state index contributed by atoms with van der Waals surface area (Å²) in [6.07, 6.45) is 0.692. The fraction of sp³-hybridized carbons (Fsp3) is 0.276. The average Bonchev–Trinajstić information content (AvgIpc) is 3.44. The van der Waals surface area contributed by atoms with E-state index < -0.39 is 0 Å². The van der Waals surface area contributed by atoms with Gasteiger partial charge in [-0.3, -0.25) is 4.79 Å². The standard InChI is InChI=1S/C29H28N2O4/c1-5-17(3)29(33)35-30-23-16-34-28-21(23)12-14-25-26(28)22-15-19(11-13-24(22)31(25)6-2)27(32)20-10-8-7-9-18(20)4/h7-15,17H,5-6,16H2,1-4H3/b30-23+. The van der Waals surface area contributed by atoms with E-state index in [1.807, 2.05) is 75.4 Å². The lowest BCUT2D eigenvalue weighted by atomic mass is 9.97. The van der Waals surface area contributed by atoms with E-state index in [1.165, 1.54) is 0 Å². The first-order valence-corrected chi connectivity index (χ1v) is 12.0. The van der Waals surface area contributed by atoms with Crippen LogP contribution in [0.25, 0.3) is 21.8 Å². The lowest BCUT2D eigenvalue weighted by Gasteiger charge is -2.06. The maximum atomic E-state index is 13.3. The zero-order valence-corrected chi connectivity index (χ0v) is 20.4. The van der Waals surface area contributed by atoms with Crippen LogP contribution in [-0.4, -0.2) is 28.6 Å². The molecule has 1 unspecified atom stereocenters. The van der Waals surface area contributed by atoms with E-state index in [0.717, 1.165) is 39.5 Å². The van der Waals surface area contributed by atoms with E-state index in [-0.39, 0.29) is 24.3 Å². The number of hydrogen-bond acceptors (Lipinski definition) is 5. The van der Waals surface area contributed by atoms with Crippen molar-refractivity contribution in [1.82, 2.24) is 4.57 Å². The second-order valence-electron chi connectivity index (χ2n) is 9.00. The summed E-state index contributed by atoms with van der Waals surface area (Å²) in [6.45, 7) is 8.80. The number of benzene rings is 3. The van der Waals surface area contributed by atoms with Crippen molar-refractivity contribution in [3.63, 3.8) is 0 Å². The van der Waals surface area contributed by atoms with Gasteiger partial charge in [0.1, 0.15) is 18.1 Å². The van der Waals surface area contributed by atoms with E-state index in [0.29, 0.717) is 29.0 Å². The van der Waals surface area contributed by atoms with Crippen molar-refractivity contribution in [3.8, 4) is 5.75 Å². The number of aromatic nitrogens is 1. The molecule has 0 radical (unpaired) electrons. The second kappa shape index (κ2) is 9.02. The summed E-state index contributed by atoms with van der Waals surface area (Å²) in [7, 11) is 0. The van der Waals surface area contributed by atoms with Gasteiger partial charge in [-0.15, -0.1) is 0 Å². The molecule has 2 heterocycles. The Hall–Kier alpha value is -3.93. The van der Waals surface area contributed by atoms with Crippen LogP contribution in [0.3, 0.4) is 0 Å². The lowest BCUT2D eigenvalue weighted by molar-refractivity contribution is -0.148. The highest BCUT2D eigenvalue weighted by atomic mass is 16.7. The molecule has 6 heteroatoms. The number of carbonyl (C=O) groups excluding carboxylic acids is 2. The summed E-state index contributed by atoms with van der Waals surface area (Å²) in [4.78, 5) is 30.6. The van der Waals surface area contributed by atoms with Crippen LogP contribution in [0.1, 0.15) is 54.2 Å². The molecule has 0 amide bonds. The summed E-state index contributed by atoms with van der Waals surface area (Å²) in [5.74, 6) is 0.139. The first kappa shape index (κ1) is 22.8. The van der Waals surface area contributed by atoms with E-state index in [9.17, 15) is 9.59 Å². The predicted octanol–water partition coefficient (Wildman–Crippen LogP) is 6.04. The van der Waals surface area contributed by atoms with Crippen LogP contribution >= 0.6 is 0 Å². The van der Waals surface area contributed by atoms with Crippen molar-refractivity contribution in [3.05, 3.63) is 76.9 Å². The third-order valence-electron chi connectivity index (χ3n) is 6.88. The largest absolute Gasteiger partial charge is 0.486 e. The van der Waals surface area contributed by atoms with Crippen molar-refractivity contribution >= 4 is 39.3 Å². The number of ether oxygens (including phenoxy) is 1. The zero-order valence-electron chi connectivity index (χ0n) is 20.4. The van der Waals surface area contributed by atoms with E-state index in [4.69, 9.17) is 9.57 Å². The first-order chi connectivity index (χ1) is 16.9. The molecule has 0 N–H and O–H groups in total. The van der Waals surface area contributed by atoms with Gasteiger partial charge in [-0.05, 0) is 56.2 Å². The Balaban J connectivity index is 1.64. The molecule has 35 heavy (non-hydrogen) atoms. The van der Waals surface area contributed by atoms with Gasteiger partial charge in [-0.1, -0.05) is 43.3 Å². The number of nitrogens with zero attached hydrogens (tertiary/aromatic N) is 2. The molecule has 1 aromatic heterocycles. The van der Waals surface area contributed by atoms with Gasteiger partial charge in [0.15, 0.2) is 5.78 Å². The van der Waals surface area contributed by atoms with Gasteiger partial charge < -0.3 is 14.1 Å². The molecule has 5 rings (SSSR count). The van der Waals surface area contributed by atoms with Crippen molar-refractivity contribution in [2.45, 2.75) is 40.7 Å². The fourth-order valence-electron chi connectivity index (χ4n) is 4.65. The van der Waals surface area contributed by atoms with E-state index in [1.54, 1.807) is 0 Å². The number of aryl methyl sites for hydroxylation is 2. The molecule has 0 saturated heterocycles. The molecule has 0 fully saturated rings. The highest BCUT2D eigenvalue weighted by Crippen LogP contribution is 2.41. The third kappa shape index (κ3) is 3.79. The van der Waals surface area contributed by atoms with Gasteiger partial charge in [0.25, 0.3) is 0 Å². The van der Waals surface area contributed by atoms with Crippen molar-refractivity contribution in [2.24, 2.45) is 11.1 Å². The molecule has 0 bridgehead atoms. The number of ketones is 1. The van der Waals surface area contributed by atoms with Gasteiger partial charge in [0, 0.05) is 34.1 Å². The Bertz CT molecular complexity index is 1510. The molecule has 0 aliphatic carbocycles. The Kier molecular flexibility index (Phi) is 5.89. The summed E-state index contributed by atoms with van der Waals surface area (Å²) < 4.78 is 8.31. The van der Waals surface area contributed by atoms with E-state index >= 15 is 0 Å². The van der Waals surface area contributed by atoms with Crippen molar-refractivity contribution < 1.29 is 19.2 Å². The second-order valence-corrected chi connectivity index (χ2v) is 9.00. The van der Waals surface area contributed by atoms with Crippen molar-refractivity contribution in [1.29, 1.82) is 0 Å². The Morgan fingerprint density at radius 3 is 2.60 bits per heavy atom. The number of oxime groups is 1. The maximum absolute atomic E-state index is 13.3. The van der Waals surface area contributed by atoms with Crippen LogP contribution in [0.2, 0.25) is 0 Å². The number of carbonyl (C=O) groups is 2. The minimum atomic E-state index is -0.350. The van der Waals surface area contributed by atoms with Crippen LogP contribution in [-0.2, 0) is 16.2 Å².